The molecular weight excluding hydrogens is 439 g/mol. The average Bonchev–Trinajstić information content (AvgIpc) is 3.17. The smallest absolute Gasteiger partial charge is 0.475 e. The zero-order chi connectivity index (χ0) is 24.2. The minimum atomic E-state index is -5.08. The number of carboxylic acid groups (broad SMARTS) is 1. The summed E-state index contributed by atoms with van der Waals surface area (Å²) in [6.07, 6.45) is 0.895. The van der Waals surface area contributed by atoms with Crippen molar-refractivity contribution in [3.8, 4) is 11.5 Å². The molecule has 0 radical (unpaired) electrons. The molecule has 3 aromatic rings. The highest BCUT2D eigenvalue weighted by Gasteiger charge is 2.38. The molecule has 4 rings (SSSR count). The molecule has 0 aliphatic heterocycles. The van der Waals surface area contributed by atoms with Crippen molar-refractivity contribution < 1.29 is 27.9 Å². The number of halogens is 3. The number of hydrogen-bond donors (Lipinski definition) is 3. The van der Waals surface area contributed by atoms with Gasteiger partial charge in [0.15, 0.2) is 5.82 Å². The van der Waals surface area contributed by atoms with E-state index in [2.05, 4.69) is 14.9 Å². The monoisotopic (exact) mass is 463 g/mol. The Morgan fingerprint density at radius 1 is 1.21 bits per heavy atom. The van der Waals surface area contributed by atoms with Crippen LogP contribution in [-0.2, 0) is 4.79 Å². The molecule has 1 amide bonds. The van der Waals surface area contributed by atoms with Crippen molar-refractivity contribution in [2.75, 3.05) is 7.05 Å². The van der Waals surface area contributed by atoms with E-state index in [0.29, 0.717) is 11.6 Å². The third-order valence-electron chi connectivity index (χ3n) is 5.37. The first-order chi connectivity index (χ1) is 15.6. The first-order valence-corrected chi connectivity index (χ1v) is 10.3. The quantitative estimate of drug-likeness (QED) is 0.546. The Labute approximate surface area is 187 Å². The maximum absolute atomic E-state index is 12.0. The summed E-state index contributed by atoms with van der Waals surface area (Å²) in [5.74, 6) is -2.03. The van der Waals surface area contributed by atoms with Crippen LogP contribution >= 0.6 is 0 Å². The van der Waals surface area contributed by atoms with Gasteiger partial charge < -0.3 is 20.7 Å². The number of hydrogen-bond acceptors (Lipinski definition) is 5. The predicted molar refractivity (Wildman–Crippen MR) is 116 cm³/mol. The summed E-state index contributed by atoms with van der Waals surface area (Å²) >= 11 is 0. The zero-order valence-corrected chi connectivity index (χ0v) is 17.8. The van der Waals surface area contributed by atoms with Crippen molar-refractivity contribution in [1.29, 1.82) is 0 Å². The van der Waals surface area contributed by atoms with Crippen LogP contribution in [0.25, 0.3) is 22.6 Å². The lowest BCUT2D eigenvalue weighted by molar-refractivity contribution is -0.192. The topological polar surface area (TPSA) is 123 Å². The largest absolute Gasteiger partial charge is 0.490 e. The van der Waals surface area contributed by atoms with Crippen LogP contribution in [0.3, 0.4) is 0 Å². The molecule has 0 saturated heterocycles. The standard InChI is InChI=1S/C20H23N5O.C2HF3O2/c1-22-20(26)13-8-9-18-17(11-13)24-19(16-7-2-3-10-23-16)25(18)15-6-4-5-14(21)12-15;3-2(4,5)1(6)7/h2-3,7-11,14-15H,4-6,12,21H2,1H3,(H,22,26);(H,6,7)/t14-,15+;/m1./s1. The SMILES string of the molecule is CNC(=O)c1ccc2c(c1)nc(-c1ccccn1)n2[C@H]1CCC[C@@H](N)C1.O=C(O)C(F)(F)F. The molecule has 1 saturated carbocycles. The van der Waals surface area contributed by atoms with Crippen LogP contribution in [0.15, 0.2) is 42.6 Å². The van der Waals surface area contributed by atoms with E-state index < -0.39 is 12.1 Å². The van der Waals surface area contributed by atoms with Gasteiger partial charge in [0, 0.05) is 30.9 Å². The van der Waals surface area contributed by atoms with E-state index >= 15 is 0 Å². The number of carboxylic acids is 1. The molecule has 2 aromatic heterocycles. The van der Waals surface area contributed by atoms with Crippen LogP contribution in [-0.4, -0.2) is 50.8 Å². The molecule has 1 aliphatic rings. The van der Waals surface area contributed by atoms with Gasteiger partial charge in [0.25, 0.3) is 5.91 Å². The average molecular weight is 463 g/mol. The molecule has 1 fully saturated rings. The number of alkyl halides is 3. The maximum Gasteiger partial charge on any atom is 0.490 e. The summed E-state index contributed by atoms with van der Waals surface area (Å²) in [6.45, 7) is 0. The fraction of sp³-hybridized carbons (Fsp3) is 0.364. The number of nitrogens with two attached hydrogens (primary N) is 1. The van der Waals surface area contributed by atoms with Crippen LogP contribution in [0.4, 0.5) is 13.2 Å². The maximum atomic E-state index is 12.0. The molecule has 1 aromatic carbocycles. The second-order valence-electron chi connectivity index (χ2n) is 7.69. The molecule has 2 atom stereocenters. The van der Waals surface area contributed by atoms with Gasteiger partial charge in [-0.15, -0.1) is 0 Å². The van der Waals surface area contributed by atoms with Gasteiger partial charge in [-0.3, -0.25) is 9.78 Å². The summed E-state index contributed by atoms with van der Waals surface area (Å²) in [5.41, 5.74) is 9.53. The summed E-state index contributed by atoms with van der Waals surface area (Å²) < 4.78 is 34.0. The predicted octanol–water partition coefficient (Wildman–Crippen LogP) is 3.53. The summed E-state index contributed by atoms with van der Waals surface area (Å²) in [7, 11) is 1.63. The molecule has 4 N–H and O–H groups in total. The Kier molecular flexibility index (Phi) is 7.32. The van der Waals surface area contributed by atoms with Gasteiger partial charge in [0.2, 0.25) is 0 Å². The van der Waals surface area contributed by atoms with Crippen molar-refractivity contribution in [1.82, 2.24) is 19.9 Å². The van der Waals surface area contributed by atoms with Gasteiger partial charge in [0.1, 0.15) is 5.69 Å². The first-order valence-electron chi connectivity index (χ1n) is 10.3. The fourth-order valence-corrected chi connectivity index (χ4v) is 3.87. The summed E-state index contributed by atoms with van der Waals surface area (Å²) in [6, 6.07) is 12.0. The highest BCUT2D eigenvalue weighted by atomic mass is 19.4. The fourth-order valence-electron chi connectivity index (χ4n) is 3.87. The van der Waals surface area contributed by atoms with Gasteiger partial charge in [-0.1, -0.05) is 6.07 Å². The number of carbonyl (C=O) groups is 2. The van der Waals surface area contributed by atoms with E-state index in [0.717, 1.165) is 48.2 Å². The number of aliphatic carboxylic acids is 1. The number of fused-ring (bicyclic) bond motifs is 1. The minimum Gasteiger partial charge on any atom is -0.475 e. The van der Waals surface area contributed by atoms with E-state index in [1.807, 2.05) is 36.4 Å². The van der Waals surface area contributed by atoms with E-state index in [1.165, 1.54) is 0 Å². The highest BCUT2D eigenvalue weighted by molar-refractivity contribution is 5.97. The van der Waals surface area contributed by atoms with Crippen LogP contribution in [0, 0.1) is 0 Å². The van der Waals surface area contributed by atoms with Gasteiger partial charge in [-0.2, -0.15) is 13.2 Å². The molecule has 8 nitrogen and oxygen atoms in total. The number of nitrogens with one attached hydrogen (secondary N) is 1. The van der Waals surface area contributed by atoms with Crippen LogP contribution in [0.2, 0.25) is 0 Å². The molecule has 0 spiro atoms. The van der Waals surface area contributed by atoms with Gasteiger partial charge in [-0.05, 0) is 56.0 Å². The van der Waals surface area contributed by atoms with Crippen LogP contribution < -0.4 is 11.1 Å². The number of imidazole rings is 1. The van der Waals surface area contributed by atoms with E-state index in [1.54, 1.807) is 13.2 Å². The van der Waals surface area contributed by atoms with E-state index in [9.17, 15) is 18.0 Å². The van der Waals surface area contributed by atoms with Gasteiger partial charge in [0.05, 0.1) is 11.0 Å². The number of nitrogens with zero attached hydrogens (tertiary/aromatic N) is 3. The number of benzene rings is 1. The molecule has 176 valence electrons. The number of aromatic nitrogens is 3. The Hall–Kier alpha value is -3.47. The Bertz CT molecular complexity index is 1130. The molecule has 33 heavy (non-hydrogen) atoms. The second kappa shape index (κ2) is 9.99. The molecule has 0 unspecified atom stereocenters. The molecule has 2 heterocycles. The molecule has 1 aliphatic carbocycles. The first kappa shape index (κ1) is 24.2. The number of rotatable bonds is 3. The Balaban J connectivity index is 0.000000383. The van der Waals surface area contributed by atoms with E-state index in [4.69, 9.17) is 20.6 Å². The van der Waals surface area contributed by atoms with E-state index in [-0.39, 0.29) is 11.9 Å². The Morgan fingerprint density at radius 3 is 2.52 bits per heavy atom. The lowest BCUT2D eigenvalue weighted by Gasteiger charge is -2.29. The lowest BCUT2D eigenvalue weighted by Crippen LogP contribution is -2.29. The molecule has 0 bridgehead atoms. The van der Waals surface area contributed by atoms with Gasteiger partial charge in [-0.25, -0.2) is 9.78 Å². The Morgan fingerprint density at radius 2 is 1.94 bits per heavy atom. The third-order valence-corrected chi connectivity index (χ3v) is 5.37. The number of carbonyl (C=O) groups excluding carboxylic acids is 1. The summed E-state index contributed by atoms with van der Waals surface area (Å²) in [4.78, 5) is 30.2. The second-order valence-corrected chi connectivity index (χ2v) is 7.69. The normalized spacial score (nSPS) is 18.3. The third kappa shape index (κ3) is 5.67. The highest BCUT2D eigenvalue weighted by Crippen LogP contribution is 2.35. The minimum absolute atomic E-state index is 0.111. The summed E-state index contributed by atoms with van der Waals surface area (Å²) in [5, 5.41) is 9.79. The lowest BCUT2D eigenvalue weighted by atomic mass is 9.91. The number of pyridine rings is 1. The van der Waals surface area contributed by atoms with Crippen molar-refractivity contribution in [3.63, 3.8) is 0 Å². The van der Waals surface area contributed by atoms with Crippen molar-refractivity contribution in [2.45, 2.75) is 43.9 Å². The van der Waals surface area contributed by atoms with Crippen LogP contribution in [0.1, 0.15) is 42.1 Å². The number of amides is 1. The molecule has 11 heteroatoms. The van der Waals surface area contributed by atoms with Crippen molar-refractivity contribution in [3.05, 3.63) is 48.2 Å². The van der Waals surface area contributed by atoms with Gasteiger partial charge >= 0.3 is 12.1 Å². The zero-order valence-electron chi connectivity index (χ0n) is 17.8. The van der Waals surface area contributed by atoms with Crippen molar-refractivity contribution >= 4 is 22.9 Å². The van der Waals surface area contributed by atoms with Crippen molar-refractivity contribution in [2.24, 2.45) is 5.73 Å². The molecular formula is C22H24F3N5O3. The van der Waals surface area contributed by atoms with Crippen LogP contribution in [0.5, 0.6) is 0 Å².